The van der Waals surface area contributed by atoms with Crippen LogP contribution in [0.2, 0.25) is 0 Å². The molecule has 0 N–H and O–H groups in total. The summed E-state index contributed by atoms with van der Waals surface area (Å²) in [6, 6.07) is 35.0. The summed E-state index contributed by atoms with van der Waals surface area (Å²) in [6.07, 6.45) is 0. The Morgan fingerprint density at radius 2 is 1.38 bits per heavy atom. The number of aliphatic imine (C=N–C) groups is 1. The third-order valence-corrected chi connectivity index (χ3v) is 6.62. The Balaban J connectivity index is 1.68. The summed E-state index contributed by atoms with van der Waals surface area (Å²) in [5, 5.41) is 0.755. The van der Waals surface area contributed by atoms with Gasteiger partial charge in [-0.2, -0.15) is 0 Å². The number of hydrogen-bond donors (Lipinski definition) is 0. The van der Waals surface area contributed by atoms with Crippen LogP contribution in [0.25, 0.3) is 10.9 Å². The fourth-order valence-electron chi connectivity index (χ4n) is 4.66. The standard InChI is InChI=1S/C33H28N2O4/c1-38-26-19-17-23(18-20-26)22-35-29-16-10-9-15-27(29)28(21-30(35)36)32(33(37)39-2)34-31(24-11-5-3-6-12-24)25-13-7-4-8-14-25/h3-21,32H,22H2,1-2H3. The maximum absolute atomic E-state index is 13.6. The molecule has 0 saturated heterocycles. The topological polar surface area (TPSA) is 69.9 Å². The molecule has 1 aromatic heterocycles. The number of nitrogens with zero attached hydrogens (tertiary/aromatic N) is 2. The second-order valence-corrected chi connectivity index (χ2v) is 9.02. The van der Waals surface area contributed by atoms with Crippen LogP contribution in [0.3, 0.4) is 0 Å². The van der Waals surface area contributed by atoms with E-state index < -0.39 is 12.0 Å². The molecule has 5 aromatic rings. The number of aromatic nitrogens is 1. The van der Waals surface area contributed by atoms with Gasteiger partial charge < -0.3 is 14.0 Å². The minimum absolute atomic E-state index is 0.232. The molecule has 6 heteroatoms. The number of rotatable bonds is 8. The number of fused-ring (bicyclic) bond motifs is 1. The molecule has 0 fully saturated rings. The van der Waals surface area contributed by atoms with E-state index in [2.05, 4.69) is 0 Å². The highest BCUT2D eigenvalue weighted by molar-refractivity contribution is 6.13. The van der Waals surface area contributed by atoms with Gasteiger partial charge in [-0.15, -0.1) is 0 Å². The van der Waals surface area contributed by atoms with Gasteiger partial charge in [0.15, 0.2) is 6.04 Å². The zero-order valence-corrected chi connectivity index (χ0v) is 21.8. The van der Waals surface area contributed by atoms with Crippen LogP contribution in [0.15, 0.2) is 125 Å². The van der Waals surface area contributed by atoms with Crippen molar-refractivity contribution >= 4 is 22.6 Å². The van der Waals surface area contributed by atoms with Gasteiger partial charge in [0, 0.05) is 28.1 Å². The van der Waals surface area contributed by atoms with E-state index in [9.17, 15) is 9.59 Å². The summed E-state index contributed by atoms with van der Waals surface area (Å²) < 4.78 is 12.2. The summed E-state index contributed by atoms with van der Waals surface area (Å²) in [6.45, 7) is 0.370. The van der Waals surface area contributed by atoms with Gasteiger partial charge in [-0.1, -0.05) is 91.0 Å². The van der Waals surface area contributed by atoms with Crippen molar-refractivity contribution in [2.75, 3.05) is 14.2 Å². The maximum atomic E-state index is 13.6. The molecule has 4 aromatic carbocycles. The minimum Gasteiger partial charge on any atom is -0.497 e. The molecule has 0 spiro atoms. The molecule has 1 unspecified atom stereocenters. The van der Waals surface area contributed by atoms with Crippen LogP contribution in [0.1, 0.15) is 28.3 Å². The number of esters is 1. The molecule has 0 amide bonds. The van der Waals surface area contributed by atoms with Crippen LogP contribution in [0.5, 0.6) is 5.75 Å². The third kappa shape index (κ3) is 5.50. The molecule has 39 heavy (non-hydrogen) atoms. The Bertz CT molecular complexity index is 1630. The van der Waals surface area contributed by atoms with Crippen molar-refractivity contribution in [1.82, 2.24) is 4.57 Å². The van der Waals surface area contributed by atoms with E-state index >= 15 is 0 Å². The van der Waals surface area contributed by atoms with Crippen molar-refractivity contribution in [1.29, 1.82) is 0 Å². The fourth-order valence-corrected chi connectivity index (χ4v) is 4.66. The first kappa shape index (κ1) is 25.7. The largest absolute Gasteiger partial charge is 0.497 e. The van der Waals surface area contributed by atoms with E-state index in [0.717, 1.165) is 27.8 Å². The van der Waals surface area contributed by atoms with Crippen molar-refractivity contribution < 1.29 is 14.3 Å². The molecule has 5 rings (SSSR count). The monoisotopic (exact) mass is 516 g/mol. The van der Waals surface area contributed by atoms with Crippen LogP contribution >= 0.6 is 0 Å². The van der Waals surface area contributed by atoms with Crippen molar-refractivity contribution in [3.05, 3.63) is 148 Å². The molecule has 0 aliphatic carbocycles. The average Bonchev–Trinajstić information content (AvgIpc) is 3.00. The first-order valence-electron chi connectivity index (χ1n) is 12.6. The first-order chi connectivity index (χ1) is 19.1. The highest BCUT2D eigenvalue weighted by Gasteiger charge is 2.26. The van der Waals surface area contributed by atoms with E-state index in [4.69, 9.17) is 14.5 Å². The van der Waals surface area contributed by atoms with Gasteiger partial charge in [0.25, 0.3) is 5.56 Å². The molecule has 0 aliphatic heterocycles. The fraction of sp³-hybridized carbons (Fsp3) is 0.121. The van der Waals surface area contributed by atoms with Crippen molar-refractivity contribution in [2.24, 2.45) is 4.99 Å². The number of carbonyl (C=O) groups is 1. The lowest BCUT2D eigenvalue weighted by molar-refractivity contribution is -0.142. The number of pyridine rings is 1. The van der Waals surface area contributed by atoms with Crippen molar-refractivity contribution in [3.63, 3.8) is 0 Å². The maximum Gasteiger partial charge on any atom is 0.335 e. The van der Waals surface area contributed by atoms with E-state index in [-0.39, 0.29) is 5.56 Å². The van der Waals surface area contributed by atoms with E-state index in [1.54, 1.807) is 11.7 Å². The lowest BCUT2D eigenvalue weighted by atomic mass is 9.98. The normalized spacial score (nSPS) is 11.5. The zero-order valence-electron chi connectivity index (χ0n) is 21.8. The third-order valence-electron chi connectivity index (χ3n) is 6.62. The van der Waals surface area contributed by atoms with E-state index in [0.29, 0.717) is 23.3 Å². The molecule has 6 nitrogen and oxygen atoms in total. The minimum atomic E-state index is -1.04. The quantitative estimate of drug-likeness (QED) is 0.193. The van der Waals surface area contributed by atoms with Crippen LogP contribution in [0.4, 0.5) is 0 Å². The second-order valence-electron chi connectivity index (χ2n) is 9.02. The Labute approximate surface area is 226 Å². The summed E-state index contributed by atoms with van der Waals surface area (Å²) in [5.41, 5.74) is 4.28. The molecule has 0 radical (unpaired) electrons. The van der Waals surface area contributed by atoms with Crippen LogP contribution in [0, 0.1) is 0 Å². The highest BCUT2D eigenvalue weighted by Crippen LogP contribution is 2.29. The molecule has 1 atom stereocenters. The van der Waals surface area contributed by atoms with Crippen molar-refractivity contribution in [2.45, 2.75) is 12.6 Å². The molecular formula is C33H28N2O4. The highest BCUT2D eigenvalue weighted by atomic mass is 16.5. The van der Waals surface area contributed by atoms with Crippen molar-refractivity contribution in [3.8, 4) is 5.75 Å². The Hall–Kier alpha value is -4.97. The van der Waals surface area contributed by atoms with Gasteiger partial charge in [0.05, 0.1) is 32.0 Å². The average molecular weight is 517 g/mol. The Morgan fingerprint density at radius 1 is 0.795 bits per heavy atom. The number of hydrogen-bond acceptors (Lipinski definition) is 5. The first-order valence-corrected chi connectivity index (χ1v) is 12.6. The van der Waals surface area contributed by atoms with Gasteiger partial charge in [0.1, 0.15) is 5.75 Å². The van der Waals surface area contributed by atoms with Gasteiger partial charge >= 0.3 is 5.97 Å². The van der Waals surface area contributed by atoms with Crippen LogP contribution in [-0.4, -0.2) is 30.5 Å². The Kier molecular flexibility index (Phi) is 7.64. The lowest BCUT2D eigenvalue weighted by Gasteiger charge is -2.19. The number of benzene rings is 4. The number of para-hydroxylation sites is 1. The predicted octanol–water partition coefficient (Wildman–Crippen LogP) is 5.81. The lowest BCUT2D eigenvalue weighted by Crippen LogP contribution is -2.24. The predicted molar refractivity (Wildman–Crippen MR) is 154 cm³/mol. The molecular weight excluding hydrogens is 488 g/mol. The van der Waals surface area contributed by atoms with Crippen LogP contribution < -0.4 is 10.3 Å². The van der Waals surface area contributed by atoms with Gasteiger partial charge in [0.2, 0.25) is 0 Å². The summed E-state index contributed by atoms with van der Waals surface area (Å²) in [4.78, 5) is 31.8. The molecule has 1 heterocycles. The number of carbonyl (C=O) groups excluding carboxylic acids is 1. The van der Waals surface area contributed by atoms with E-state index in [1.807, 2.05) is 109 Å². The molecule has 0 bridgehead atoms. The van der Waals surface area contributed by atoms with Gasteiger partial charge in [-0.3, -0.25) is 9.79 Å². The van der Waals surface area contributed by atoms with E-state index in [1.165, 1.54) is 13.2 Å². The molecule has 0 aliphatic rings. The number of methoxy groups -OCH3 is 2. The molecule has 0 saturated carbocycles. The zero-order chi connectivity index (χ0) is 27.2. The molecule has 194 valence electrons. The van der Waals surface area contributed by atoms with Gasteiger partial charge in [-0.05, 0) is 23.8 Å². The summed E-state index contributed by atoms with van der Waals surface area (Å²) in [5.74, 6) is 0.203. The van der Waals surface area contributed by atoms with Crippen LogP contribution in [-0.2, 0) is 16.1 Å². The Morgan fingerprint density at radius 3 is 1.97 bits per heavy atom. The summed E-state index contributed by atoms with van der Waals surface area (Å²) in [7, 11) is 2.95. The summed E-state index contributed by atoms with van der Waals surface area (Å²) >= 11 is 0. The smallest absolute Gasteiger partial charge is 0.335 e. The SMILES string of the molecule is COC(=O)C(N=C(c1ccccc1)c1ccccc1)c1cc(=O)n(Cc2ccc(OC)cc2)c2ccccc12. The number of ether oxygens (including phenoxy) is 2. The van der Waals surface area contributed by atoms with Gasteiger partial charge in [-0.25, -0.2) is 4.79 Å². The second kappa shape index (κ2) is 11.6.